The normalized spacial score (nSPS) is 18.1. The molecule has 0 aromatic rings. The average molecular weight is 272 g/mol. The third kappa shape index (κ3) is 4.52. The Morgan fingerprint density at radius 3 is 2.67 bits per heavy atom. The number of thioether (sulfide) groups is 1. The number of hydrogen-bond acceptors (Lipinski definition) is 5. The summed E-state index contributed by atoms with van der Waals surface area (Å²) in [6, 6.07) is 0. The van der Waals surface area contributed by atoms with E-state index in [4.69, 9.17) is 4.74 Å². The first-order valence-corrected chi connectivity index (χ1v) is 7.71. The lowest BCUT2D eigenvalue weighted by atomic mass is 9.84. The van der Waals surface area contributed by atoms with E-state index in [0.29, 0.717) is 25.0 Å². The van der Waals surface area contributed by atoms with Gasteiger partial charge in [0.1, 0.15) is 0 Å². The van der Waals surface area contributed by atoms with Crippen LogP contribution in [0.15, 0.2) is 4.99 Å². The highest BCUT2D eigenvalue weighted by molar-refractivity contribution is 8.13. The van der Waals surface area contributed by atoms with Gasteiger partial charge >= 0.3 is 5.97 Å². The summed E-state index contributed by atoms with van der Waals surface area (Å²) in [5.41, 5.74) is 0.372. The van der Waals surface area contributed by atoms with Crippen LogP contribution in [0.4, 0.5) is 0 Å². The number of esters is 1. The number of aliphatic imine (C=N–C) groups is 1. The van der Waals surface area contributed by atoms with E-state index >= 15 is 0 Å². The minimum atomic E-state index is -0.150. The van der Waals surface area contributed by atoms with Gasteiger partial charge < -0.3 is 10.1 Å². The van der Waals surface area contributed by atoms with E-state index in [1.807, 2.05) is 6.92 Å². The molecular formula is C13H24N2O2S. The number of hydrogen-bond donors (Lipinski definition) is 1. The van der Waals surface area contributed by atoms with Crippen LogP contribution in [0.25, 0.3) is 0 Å². The van der Waals surface area contributed by atoms with Crippen LogP contribution >= 0.6 is 11.8 Å². The number of amidine groups is 1. The van der Waals surface area contributed by atoms with Crippen LogP contribution in [0.5, 0.6) is 0 Å². The number of carbonyl (C=O) groups is 1. The van der Waals surface area contributed by atoms with Crippen molar-refractivity contribution in [3.63, 3.8) is 0 Å². The quantitative estimate of drug-likeness (QED) is 0.755. The van der Waals surface area contributed by atoms with Crippen molar-refractivity contribution in [2.24, 2.45) is 10.4 Å². The highest BCUT2D eigenvalue weighted by atomic mass is 32.2. The molecule has 0 saturated carbocycles. The number of rotatable bonds is 6. The highest BCUT2D eigenvalue weighted by Gasteiger charge is 2.29. The number of ether oxygens (including phenoxy) is 1. The maximum absolute atomic E-state index is 11.2. The maximum atomic E-state index is 11.2. The summed E-state index contributed by atoms with van der Waals surface area (Å²) in [6.07, 6.45) is 2.76. The van der Waals surface area contributed by atoms with Gasteiger partial charge in [-0.15, -0.1) is 0 Å². The first-order chi connectivity index (χ1) is 8.65. The summed E-state index contributed by atoms with van der Waals surface area (Å²) in [5, 5.41) is 4.18. The Labute approximate surface area is 114 Å². The molecule has 5 heteroatoms. The van der Waals surface area contributed by atoms with Gasteiger partial charge in [0.15, 0.2) is 5.17 Å². The fourth-order valence-electron chi connectivity index (χ4n) is 1.84. The van der Waals surface area contributed by atoms with E-state index in [-0.39, 0.29) is 5.97 Å². The molecule has 0 unspecified atom stereocenters. The zero-order chi connectivity index (χ0) is 13.4. The zero-order valence-electron chi connectivity index (χ0n) is 11.6. The van der Waals surface area contributed by atoms with Gasteiger partial charge in [-0.25, -0.2) is 0 Å². The Morgan fingerprint density at radius 1 is 1.44 bits per heavy atom. The molecule has 1 rings (SSSR count). The molecule has 0 spiro atoms. The molecule has 104 valence electrons. The van der Waals surface area contributed by atoms with Crippen molar-refractivity contribution in [1.29, 1.82) is 0 Å². The van der Waals surface area contributed by atoms with E-state index in [1.54, 1.807) is 11.8 Å². The van der Waals surface area contributed by atoms with Gasteiger partial charge in [0.05, 0.1) is 13.0 Å². The Balaban J connectivity index is 2.29. The Morgan fingerprint density at radius 2 is 2.17 bits per heavy atom. The summed E-state index contributed by atoms with van der Waals surface area (Å²) in [7, 11) is 0. The second kappa shape index (κ2) is 7.67. The number of carbonyl (C=O) groups excluding carboxylic acids is 1. The van der Waals surface area contributed by atoms with Crippen LogP contribution in [0.1, 0.15) is 40.0 Å². The second-order valence-corrected chi connectivity index (χ2v) is 5.56. The van der Waals surface area contributed by atoms with Crippen molar-refractivity contribution >= 4 is 22.9 Å². The predicted molar refractivity (Wildman–Crippen MR) is 77.0 cm³/mol. The van der Waals surface area contributed by atoms with Gasteiger partial charge in [0.25, 0.3) is 0 Å². The molecule has 18 heavy (non-hydrogen) atoms. The number of nitrogens with one attached hydrogen (secondary N) is 1. The lowest BCUT2D eigenvalue weighted by Crippen LogP contribution is -2.35. The van der Waals surface area contributed by atoms with Crippen molar-refractivity contribution in [2.75, 3.05) is 25.4 Å². The Bertz CT molecular complexity index is 301. The molecule has 0 saturated heterocycles. The Hall–Kier alpha value is -0.710. The Kier molecular flexibility index (Phi) is 6.54. The summed E-state index contributed by atoms with van der Waals surface area (Å²) >= 11 is 1.77. The fourth-order valence-corrected chi connectivity index (χ4v) is 3.14. The first-order valence-electron chi connectivity index (χ1n) is 6.72. The average Bonchev–Trinajstić information content (AvgIpc) is 2.40. The molecule has 0 aromatic heterocycles. The molecule has 1 N–H and O–H groups in total. The predicted octanol–water partition coefficient (Wildman–Crippen LogP) is 2.44. The lowest BCUT2D eigenvalue weighted by molar-refractivity contribution is -0.142. The van der Waals surface area contributed by atoms with Gasteiger partial charge in [0.2, 0.25) is 0 Å². The smallest absolute Gasteiger partial charge is 0.307 e. The van der Waals surface area contributed by atoms with Crippen molar-refractivity contribution in [3.8, 4) is 0 Å². The SMILES string of the molecule is CCOC(=O)CCNC1=NCC(CC)(CC)CS1. The first kappa shape index (κ1) is 15.3. The number of nitrogens with zero attached hydrogens (tertiary/aromatic N) is 1. The molecule has 1 aliphatic rings. The van der Waals surface area contributed by atoms with E-state index < -0.39 is 0 Å². The molecule has 0 aliphatic carbocycles. The van der Waals surface area contributed by atoms with Crippen LogP contribution in [-0.4, -0.2) is 36.6 Å². The summed E-state index contributed by atoms with van der Waals surface area (Å²) in [5.74, 6) is 0.966. The van der Waals surface area contributed by atoms with Gasteiger partial charge in [0, 0.05) is 18.8 Å². The molecular weight excluding hydrogens is 248 g/mol. The van der Waals surface area contributed by atoms with Gasteiger partial charge in [-0.2, -0.15) is 0 Å². The summed E-state index contributed by atoms with van der Waals surface area (Å²) in [4.78, 5) is 15.8. The molecule has 0 amide bonds. The highest BCUT2D eigenvalue weighted by Crippen LogP contribution is 2.34. The van der Waals surface area contributed by atoms with E-state index in [9.17, 15) is 4.79 Å². The second-order valence-electron chi connectivity index (χ2n) is 4.60. The molecule has 0 atom stereocenters. The third-order valence-electron chi connectivity index (χ3n) is 3.48. The molecule has 0 aromatic carbocycles. The molecule has 0 fully saturated rings. The van der Waals surface area contributed by atoms with Gasteiger partial charge in [-0.3, -0.25) is 9.79 Å². The minimum absolute atomic E-state index is 0.150. The van der Waals surface area contributed by atoms with Crippen LogP contribution in [-0.2, 0) is 9.53 Å². The van der Waals surface area contributed by atoms with Crippen LogP contribution in [0.2, 0.25) is 0 Å². The standard InChI is InChI=1S/C13H24N2O2S/c1-4-13(5-2)9-15-12(18-10-13)14-8-7-11(16)17-6-3/h4-10H2,1-3H3,(H,14,15). The van der Waals surface area contributed by atoms with Crippen LogP contribution in [0.3, 0.4) is 0 Å². The lowest BCUT2D eigenvalue weighted by Gasteiger charge is -2.33. The minimum Gasteiger partial charge on any atom is -0.466 e. The maximum Gasteiger partial charge on any atom is 0.307 e. The van der Waals surface area contributed by atoms with Crippen molar-refractivity contribution in [3.05, 3.63) is 0 Å². The molecule has 1 heterocycles. The topological polar surface area (TPSA) is 50.7 Å². The molecule has 1 aliphatic heterocycles. The third-order valence-corrected chi connectivity index (χ3v) is 4.79. The van der Waals surface area contributed by atoms with E-state index in [0.717, 1.165) is 17.5 Å². The fraction of sp³-hybridized carbons (Fsp3) is 0.846. The zero-order valence-corrected chi connectivity index (χ0v) is 12.4. The molecule has 4 nitrogen and oxygen atoms in total. The van der Waals surface area contributed by atoms with E-state index in [1.165, 1.54) is 12.8 Å². The molecule has 0 radical (unpaired) electrons. The van der Waals surface area contributed by atoms with Gasteiger partial charge in [-0.1, -0.05) is 25.6 Å². The van der Waals surface area contributed by atoms with Crippen molar-refractivity contribution in [1.82, 2.24) is 5.32 Å². The monoisotopic (exact) mass is 272 g/mol. The van der Waals surface area contributed by atoms with Crippen LogP contribution < -0.4 is 5.32 Å². The van der Waals surface area contributed by atoms with E-state index in [2.05, 4.69) is 24.2 Å². The summed E-state index contributed by atoms with van der Waals surface area (Å²) in [6.45, 7) is 8.24. The summed E-state index contributed by atoms with van der Waals surface area (Å²) < 4.78 is 4.87. The largest absolute Gasteiger partial charge is 0.466 e. The molecule has 0 bridgehead atoms. The van der Waals surface area contributed by atoms with Crippen molar-refractivity contribution < 1.29 is 9.53 Å². The van der Waals surface area contributed by atoms with Crippen molar-refractivity contribution in [2.45, 2.75) is 40.0 Å². The van der Waals surface area contributed by atoms with Crippen LogP contribution in [0, 0.1) is 5.41 Å². The van der Waals surface area contributed by atoms with Gasteiger partial charge in [-0.05, 0) is 25.2 Å².